The summed E-state index contributed by atoms with van der Waals surface area (Å²) in [5.74, 6) is 1.89. The number of hydrogen-bond acceptors (Lipinski definition) is 0. The van der Waals surface area contributed by atoms with E-state index in [2.05, 4.69) is 29.8 Å². The van der Waals surface area contributed by atoms with Crippen LogP contribution in [0.3, 0.4) is 0 Å². The highest BCUT2D eigenvalue weighted by Crippen LogP contribution is 2.32. The summed E-state index contributed by atoms with van der Waals surface area (Å²) in [6.45, 7) is 4.72. The molecule has 3 atom stereocenters. The Morgan fingerprint density at radius 1 is 1.11 bits per heavy atom. The second-order valence-corrected chi connectivity index (χ2v) is 4.66. The maximum absolute atomic E-state index is 3.66. The van der Waals surface area contributed by atoms with E-state index in [1.807, 2.05) is 0 Å². The minimum Gasteiger partial charge on any atom is -0.0891 e. The van der Waals surface area contributed by atoms with E-state index in [-0.39, 0.29) is 0 Å². The van der Waals surface area contributed by atoms with Crippen molar-refractivity contribution in [1.82, 2.24) is 0 Å². The molecule has 1 aliphatic carbocycles. The predicted octanol–water partition coefficient (Wildman–Crippen LogP) is 3.21. The molecule has 0 aromatic rings. The molecule has 0 radical (unpaired) electrons. The average Bonchev–Trinajstić information content (AvgIpc) is 1.80. The van der Waals surface area contributed by atoms with Crippen LogP contribution in [0, 0.1) is 11.8 Å². The van der Waals surface area contributed by atoms with Crippen molar-refractivity contribution in [2.45, 2.75) is 37.9 Å². The van der Waals surface area contributed by atoms with E-state index < -0.39 is 0 Å². The van der Waals surface area contributed by atoms with Crippen LogP contribution in [0.2, 0.25) is 0 Å². The molecule has 0 amide bonds. The van der Waals surface area contributed by atoms with Gasteiger partial charge in [0.1, 0.15) is 0 Å². The van der Waals surface area contributed by atoms with Crippen LogP contribution in [0.15, 0.2) is 0 Å². The second kappa shape index (κ2) is 3.05. The van der Waals surface area contributed by atoms with Crippen molar-refractivity contribution in [1.29, 1.82) is 0 Å². The fraction of sp³-hybridized carbons (Fsp3) is 1.00. The standard InChI is InChI=1S/C8H15Br/c1-6-3-4-8(9)5-7(6)2/h6-8H,3-5H2,1-2H3. The number of alkyl halides is 1. The van der Waals surface area contributed by atoms with Crippen molar-refractivity contribution < 1.29 is 0 Å². The number of halogens is 1. The maximum Gasteiger partial charge on any atom is 0.0148 e. The highest BCUT2D eigenvalue weighted by atomic mass is 79.9. The molecule has 0 heterocycles. The molecule has 0 spiro atoms. The van der Waals surface area contributed by atoms with Gasteiger partial charge in [0.05, 0.1) is 0 Å². The van der Waals surface area contributed by atoms with Crippen LogP contribution < -0.4 is 0 Å². The van der Waals surface area contributed by atoms with E-state index >= 15 is 0 Å². The van der Waals surface area contributed by atoms with Gasteiger partial charge in [-0.3, -0.25) is 0 Å². The first-order valence-corrected chi connectivity index (χ1v) is 4.75. The Morgan fingerprint density at radius 3 is 2.22 bits per heavy atom. The van der Waals surface area contributed by atoms with E-state index in [9.17, 15) is 0 Å². The predicted molar refractivity (Wildman–Crippen MR) is 44.9 cm³/mol. The van der Waals surface area contributed by atoms with Crippen LogP contribution in [0.5, 0.6) is 0 Å². The first kappa shape index (κ1) is 7.59. The van der Waals surface area contributed by atoms with Gasteiger partial charge in [0.2, 0.25) is 0 Å². The lowest BCUT2D eigenvalue weighted by molar-refractivity contribution is 0.286. The van der Waals surface area contributed by atoms with E-state index in [0.29, 0.717) is 0 Å². The highest BCUT2D eigenvalue weighted by molar-refractivity contribution is 9.09. The first-order chi connectivity index (χ1) is 4.20. The number of rotatable bonds is 0. The van der Waals surface area contributed by atoms with Gasteiger partial charge in [-0.2, -0.15) is 0 Å². The van der Waals surface area contributed by atoms with Gasteiger partial charge in [0.15, 0.2) is 0 Å². The van der Waals surface area contributed by atoms with E-state index in [4.69, 9.17) is 0 Å². The zero-order valence-electron chi connectivity index (χ0n) is 6.23. The SMILES string of the molecule is CC1CCC(Br)CC1C. The lowest BCUT2D eigenvalue weighted by atomic mass is 9.82. The third kappa shape index (κ3) is 1.96. The maximum atomic E-state index is 3.66. The molecule has 1 saturated carbocycles. The third-order valence-electron chi connectivity index (χ3n) is 2.53. The quantitative estimate of drug-likeness (QED) is 0.516. The lowest BCUT2D eigenvalue weighted by Gasteiger charge is -2.28. The smallest absolute Gasteiger partial charge is 0.0148 e. The van der Waals surface area contributed by atoms with Gasteiger partial charge in [-0.25, -0.2) is 0 Å². The molecule has 0 saturated heterocycles. The van der Waals surface area contributed by atoms with Crippen LogP contribution in [0.25, 0.3) is 0 Å². The van der Waals surface area contributed by atoms with Crippen molar-refractivity contribution in [3.63, 3.8) is 0 Å². The van der Waals surface area contributed by atoms with E-state index in [1.165, 1.54) is 19.3 Å². The number of hydrogen-bond donors (Lipinski definition) is 0. The Kier molecular flexibility index (Phi) is 2.57. The van der Waals surface area contributed by atoms with Crippen LogP contribution in [-0.2, 0) is 0 Å². The summed E-state index contributed by atoms with van der Waals surface area (Å²) < 4.78 is 0. The molecule has 0 aromatic heterocycles. The Labute approximate surface area is 66.2 Å². The minimum atomic E-state index is 0.809. The second-order valence-electron chi connectivity index (χ2n) is 3.36. The Morgan fingerprint density at radius 2 is 1.78 bits per heavy atom. The molecule has 1 heteroatoms. The molecule has 0 bridgehead atoms. The largest absolute Gasteiger partial charge is 0.0891 e. The van der Waals surface area contributed by atoms with Gasteiger partial charge in [-0.05, 0) is 31.1 Å². The summed E-state index contributed by atoms with van der Waals surface area (Å²) in [5, 5.41) is 0. The summed E-state index contributed by atoms with van der Waals surface area (Å²) >= 11 is 3.66. The zero-order valence-corrected chi connectivity index (χ0v) is 7.82. The fourth-order valence-corrected chi connectivity index (χ4v) is 2.34. The molecule has 54 valence electrons. The molecule has 1 fully saturated rings. The molecular weight excluding hydrogens is 176 g/mol. The van der Waals surface area contributed by atoms with Crippen molar-refractivity contribution in [2.75, 3.05) is 0 Å². The molecule has 0 aliphatic heterocycles. The summed E-state index contributed by atoms with van der Waals surface area (Å²) in [6.07, 6.45) is 4.17. The normalized spacial score (nSPS) is 45.0. The van der Waals surface area contributed by atoms with E-state index in [0.717, 1.165) is 16.7 Å². The van der Waals surface area contributed by atoms with Crippen LogP contribution >= 0.6 is 15.9 Å². The van der Waals surface area contributed by atoms with Gasteiger partial charge < -0.3 is 0 Å². The van der Waals surface area contributed by atoms with Crippen molar-refractivity contribution in [2.24, 2.45) is 11.8 Å². The summed E-state index contributed by atoms with van der Waals surface area (Å²) in [5.41, 5.74) is 0. The molecule has 0 aromatic carbocycles. The van der Waals surface area contributed by atoms with E-state index in [1.54, 1.807) is 0 Å². The van der Waals surface area contributed by atoms with Gasteiger partial charge >= 0.3 is 0 Å². The lowest BCUT2D eigenvalue weighted by Crippen LogP contribution is -2.20. The third-order valence-corrected chi connectivity index (χ3v) is 3.37. The Balaban J connectivity index is 2.35. The molecule has 0 N–H and O–H groups in total. The van der Waals surface area contributed by atoms with Crippen molar-refractivity contribution in [3.05, 3.63) is 0 Å². The van der Waals surface area contributed by atoms with Gasteiger partial charge in [-0.15, -0.1) is 0 Å². The summed E-state index contributed by atoms with van der Waals surface area (Å²) in [6, 6.07) is 0. The highest BCUT2D eigenvalue weighted by Gasteiger charge is 2.21. The monoisotopic (exact) mass is 190 g/mol. The van der Waals surface area contributed by atoms with Crippen LogP contribution in [0.1, 0.15) is 33.1 Å². The summed E-state index contributed by atoms with van der Waals surface area (Å²) in [7, 11) is 0. The fourth-order valence-electron chi connectivity index (χ4n) is 1.48. The topological polar surface area (TPSA) is 0 Å². The Hall–Kier alpha value is 0.480. The van der Waals surface area contributed by atoms with Crippen molar-refractivity contribution in [3.8, 4) is 0 Å². The molecule has 1 rings (SSSR count). The molecule has 0 nitrogen and oxygen atoms in total. The molecular formula is C8H15Br. The van der Waals surface area contributed by atoms with Crippen LogP contribution in [-0.4, -0.2) is 4.83 Å². The molecule has 9 heavy (non-hydrogen) atoms. The zero-order chi connectivity index (χ0) is 6.85. The summed E-state index contributed by atoms with van der Waals surface area (Å²) in [4.78, 5) is 0.809. The van der Waals surface area contributed by atoms with Crippen molar-refractivity contribution >= 4 is 15.9 Å². The average molecular weight is 191 g/mol. The molecule has 3 unspecified atom stereocenters. The van der Waals surface area contributed by atoms with Gasteiger partial charge in [-0.1, -0.05) is 29.8 Å². The van der Waals surface area contributed by atoms with Gasteiger partial charge in [0, 0.05) is 4.83 Å². The minimum absolute atomic E-state index is 0.809. The molecule has 1 aliphatic rings. The van der Waals surface area contributed by atoms with Crippen LogP contribution in [0.4, 0.5) is 0 Å². The first-order valence-electron chi connectivity index (χ1n) is 3.84. The van der Waals surface area contributed by atoms with Gasteiger partial charge in [0.25, 0.3) is 0 Å². The Bertz CT molecular complexity index is 90.6.